The quantitative estimate of drug-likeness (QED) is 0.924. The van der Waals surface area contributed by atoms with Gasteiger partial charge in [0.1, 0.15) is 5.82 Å². The second kappa shape index (κ2) is 5.95. The molecule has 0 spiro atoms. The summed E-state index contributed by atoms with van der Waals surface area (Å²) in [5, 5.41) is 9.83. The number of amides is 1. The lowest BCUT2D eigenvalue weighted by Crippen LogP contribution is -2.42. The number of pyridine rings is 1. The number of carbonyl (C=O) groups is 2. The molecule has 0 saturated carbocycles. The third-order valence-electron chi connectivity index (χ3n) is 4.26. The number of carboxylic acids is 1. The van der Waals surface area contributed by atoms with Crippen LogP contribution in [0.4, 0.5) is 4.39 Å². The van der Waals surface area contributed by atoms with Gasteiger partial charge >= 0.3 is 5.97 Å². The number of benzene rings is 1. The molecule has 1 saturated heterocycles. The van der Waals surface area contributed by atoms with E-state index in [1.54, 1.807) is 24.0 Å². The zero-order valence-corrected chi connectivity index (χ0v) is 12.8. The van der Waals surface area contributed by atoms with Gasteiger partial charge in [-0.15, -0.1) is 0 Å². The number of hydrogen-bond acceptors (Lipinski definition) is 3. The monoisotopic (exact) mass is 316 g/mol. The van der Waals surface area contributed by atoms with Crippen molar-refractivity contribution >= 4 is 22.8 Å². The Morgan fingerprint density at radius 3 is 2.87 bits per heavy atom. The van der Waals surface area contributed by atoms with Gasteiger partial charge in [-0.2, -0.15) is 0 Å². The van der Waals surface area contributed by atoms with Crippen LogP contribution in [0.15, 0.2) is 24.3 Å². The van der Waals surface area contributed by atoms with Gasteiger partial charge in [-0.3, -0.25) is 14.6 Å². The Hall–Kier alpha value is -2.50. The Kier molecular flexibility index (Phi) is 3.98. The summed E-state index contributed by atoms with van der Waals surface area (Å²) in [7, 11) is 0. The minimum Gasteiger partial charge on any atom is -0.481 e. The molecule has 2 heterocycles. The second-order valence-corrected chi connectivity index (χ2v) is 5.89. The fourth-order valence-electron chi connectivity index (χ4n) is 2.99. The van der Waals surface area contributed by atoms with E-state index in [2.05, 4.69) is 4.98 Å². The first-order chi connectivity index (χ1) is 11.0. The first kappa shape index (κ1) is 15.4. The van der Waals surface area contributed by atoms with Crippen molar-refractivity contribution in [3.63, 3.8) is 0 Å². The predicted molar refractivity (Wildman–Crippen MR) is 82.7 cm³/mol. The van der Waals surface area contributed by atoms with Crippen molar-refractivity contribution in [3.05, 3.63) is 41.3 Å². The van der Waals surface area contributed by atoms with Crippen LogP contribution in [0.3, 0.4) is 0 Å². The van der Waals surface area contributed by atoms with Crippen molar-refractivity contribution in [3.8, 4) is 0 Å². The molecule has 1 aromatic carbocycles. The van der Waals surface area contributed by atoms with Gasteiger partial charge in [-0.1, -0.05) is 0 Å². The number of aliphatic carboxylic acids is 1. The second-order valence-electron chi connectivity index (χ2n) is 5.89. The lowest BCUT2D eigenvalue weighted by molar-refractivity contribution is -0.143. The topological polar surface area (TPSA) is 70.5 Å². The highest BCUT2D eigenvalue weighted by Gasteiger charge is 2.29. The zero-order valence-electron chi connectivity index (χ0n) is 12.8. The van der Waals surface area contributed by atoms with Gasteiger partial charge in [-0.05, 0) is 38.0 Å². The first-order valence-electron chi connectivity index (χ1n) is 7.54. The predicted octanol–water partition coefficient (Wildman–Crippen LogP) is 2.62. The number of halogens is 1. The maximum absolute atomic E-state index is 13.3. The molecule has 6 heteroatoms. The van der Waals surface area contributed by atoms with Crippen molar-refractivity contribution in [2.24, 2.45) is 5.92 Å². The van der Waals surface area contributed by atoms with Crippen molar-refractivity contribution in [1.82, 2.24) is 9.88 Å². The highest BCUT2D eigenvalue weighted by Crippen LogP contribution is 2.22. The minimum atomic E-state index is -0.869. The zero-order chi connectivity index (χ0) is 16.6. The molecule has 0 aliphatic carbocycles. The summed E-state index contributed by atoms with van der Waals surface area (Å²) in [5.41, 5.74) is 1.46. The molecule has 0 radical (unpaired) electrons. The molecule has 1 atom stereocenters. The molecule has 120 valence electrons. The molecule has 3 rings (SSSR count). The number of likely N-dealkylation sites (tertiary alicyclic amines) is 1. The Labute approximate surface area is 132 Å². The number of fused-ring (bicyclic) bond motifs is 1. The van der Waals surface area contributed by atoms with E-state index in [-0.39, 0.29) is 18.3 Å². The van der Waals surface area contributed by atoms with Gasteiger partial charge in [0.05, 0.1) is 22.7 Å². The van der Waals surface area contributed by atoms with E-state index in [1.807, 2.05) is 0 Å². The van der Waals surface area contributed by atoms with Crippen molar-refractivity contribution in [1.29, 1.82) is 0 Å². The van der Waals surface area contributed by atoms with Gasteiger partial charge < -0.3 is 10.0 Å². The Morgan fingerprint density at radius 2 is 2.13 bits per heavy atom. The van der Waals surface area contributed by atoms with Gasteiger partial charge in [0, 0.05) is 24.5 Å². The van der Waals surface area contributed by atoms with E-state index in [0.29, 0.717) is 41.5 Å². The summed E-state index contributed by atoms with van der Waals surface area (Å²) in [4.78, 5) is 29.7. The van der Waals surface area contributed by atoms with Crippen LogP contribution in [0.5, 0.6) is 0 Å². The van der Waals surface area contributed by atoms with Crippen LogP contribution in [0.25, 0.3) is 10.9 Å². The average Bonchev–Trinajstić information content (AvgIpc) is 2.53. The Morgan fingerprint density at radius 1 is 1.35 bits per heavy atom. The first-order valence-corrected chi connectivity index (χ1v) is 7.54. The maximum Gasteiger partial charge on any atom is 0.308 e. The maximum atomic E-state index is 13.3. The Bertz CT molecular complexity index is 791. The summed E-state index contributed by atoms with van der Waals surface area (Å²) >= 11 is 0. The Balaban J connectivity index is 1.92. The molecule has 1 N–H and O–H groups in total. The molecule has 1 aromatic heterocycles. The van der Waals surface area contributed by atoms with Gasteiger partial charge in [0.15, 0.2) is 0 Å². The van der Waals surface area contributed by atoms with E-state index in [0.717, 1.165) is 0 Å². The molecule has 1 aliphatic heterocycles. The summed E-state index contributed by atoms with van der Waals surface area (Å²) < 4.78 is 13.3. The molecule has 2 aromatic rings. The third kappa shape index (κ3) is 3.02. The summed E-state index contributed by atoms with van der Waals surface area (Å²) in [5.74, 6) is -1.97. The van der Waals surface area contributed by atoms with Crippen LogP contribution in [0.1, 0.15) is 28.9 Å². The molecule has 1 amide bonds. The van der Waals surface area contributed by atoms with E-state index in [4.69, 9.17) is 5.11 Å². The van der Waals surface area contributed by atoms with Crippen LogP contribution >= 0.6 is 0 Å². The molecule has 1 aliphatic rings. The van der Waals surface area contributed by atoms with Crippen LogP contribution in [0, 0.1) is 18.7 Å². The summed E-state index contributed by atoms with van der Waals surface area (Å²) in [6.07, 6.45) is 1.27. The molecule has 23 heavy (non-hydrogen) atoms. The molecular formula is C17H17FN2O3. The summed E-state index contributed by atoms with van der Waals surface area (Å²) in [6.45, 7) is 2.47. The fraction of sp³-hybridized carbons (Fsp3) is 0.353. The lowest BCUT2D eigenvalue weighted by atomic mass is 9.97. The van der Waals surface area contributed by atoms with Crippen LogP contribution < -0.4 is 0 Å². The van der Waals surface area contributed by atoms with E-state index >= 15 is 0 Å². The number of aromatic nitrogens is 1. The molecule has 0 bridgehead atoms. The highest BCUT2D eigenvalue weighted by atomic mass is 19.1. The smallest absolute Gasteiger partial charge is 0.308 e. The molecule has 5 nitrogen and oxygen atoms in total. The van der Waals surface area contributed by atoms with Gasteiger partial charge in [0.2, 0.25) is 0 Å². The number of carboxylic acid groups (broad SMARTS) is 1. The third-order valence-corrected chi connectivity index (χ3v) is 4.26. The van der Waals surface area contributed by atoms with E-state index in [1.165, 1.54) is 12.1 Å². The molecular weight excluding hydrogens is 299 g/mol. The SMILES string of the molecule is Cc1nc2cc(F)ccc2cc1C(=O)N1CCCC(C(=O)O)C1. The van der Waals surface area contributed by atoms with Crippen molar-refractivity contribution < 1.29 is 19.1 Å². The van der Waals surface area contributed by atoms with Crippen LogP contribution in [-0.4, -0.2) is 40.0 Å². The number of rotatable bonds is 2. The van der Waals surface area contributed by atoms with E-state index < -0.39 is 11.9 Å². The summed E-state index contributed by atoms with van der Waals surface area (Å²) in [6, 6.07) is 5.95. The number of aryl methyl sites for hydroxylation is 1. The highest BCUT2D eigenvalue weighted by molar-refractivity contribution is 5.98. The minimum absolute atomic E-state index is 0.216. The standard InChI is InChI=1S/C17H17FN2O3/c1-10-14(7-11-4-5-13(18)8-15(11)19-10)16(21)20-6-2-3-12(9-20)17(22)23/h4-5,7-8,12H,2-3,6,9H2,1H3,(H,22,23). The van der Waals surface area contributed by atoms with Crippen molar-refractivity contribution in [2.45, 2.75) is 19.8 Å². The number of hydrogen-bond donors (Lipinski definition) is 1. The molecule has 1 unspecified atom stereocenters. The number of carbonyl (C=O) groups excluding carboxylic acids is 1. The van der Waals surface area contributed by atoms with Crippen LogP contribution in [-0.2, 0) is 4.79 Å². The van der Waals surface area contributed by atoms with Gasteiger partial charge in [-0.25, -0.2) is 4.39 Å². The van der Waals surface area contributed by atoms with E-state index in [9.17, 15) is 14.0 Å². The van der Waals surface area contributed by atoms with Crippen molar-refractivity contribution in [2.75, 3.05) is 13.1 Å². The number of nitrogens with zero attached hydrogens (tertiary/aromatic N) is 2. The van der Waals surface area contributed by atoms with Crippen LogP contribution in [0.2, 0.25) is 0 Å². The number of piperidine rings is 1. The fourth-order valence-corrected chi connectivity index (χ4v) is 2.99. The largest absolute Gasteiger partial charge is 0.481 e. The molecule has 1 fully saturated rings. The lowest BCUT2D eigenvalue weighted by Gasteiger charge is -2.31. The normalized spacial score (nSPS) is 18.2. The van der Waals surface area contributed by atoms with Gasteiger partial charge in [0.25, 0.3) is 5.91 Å². The average molecular weight is 316 g/mol.